The Morgan fingerprint density at radius 2 is 1.71 bits per heavy atom. The fourth-order valence-corrected chi connectivity index (χ4v) is 1.97. The summed E-state index contributed by atoms with van der Waals surface area (Å²) in [5.41, 5.74) is 2.17. The van der Waals surface area contributed by atoms with Gasteiger partial charge in [-0.1, -0.05) is 35.4 Å². The van der Waals surface area contributed by atoms with Crippen LogP contribution in [-0.2, 0) is 6.54 Å². The predicted molar refractivity (Wildman–Crippen MR) is 82.9 cm³/mol. The SMILES string of the molecule is C[N+](C)(Cc1ccc([N+](=O)[O-])cc1)/N=C/c1ccccc1. The highest BCUT2D eigenvalue weighted by Gasteiger charge is 2.15. The second-order valence-electron chi connectivity index (χ2n) is 5.36. The number of quaternary nitrogens is 1. The first kappa shape index (κ1) is 14.9. The Morgan fingerprint density at radius 3 is 2.29 bits per heavy atom. The van der Waals surface area contributed by atoms with Gasteiger partial charge in [-0.3, -0.25) is 10.1 Å². The zero-order valence-electron chi connectivity index (χ0n) is 12.1. The second-order valence-corrected chi connectivity index (χ2v) is 5.36. The lowest BCUT2D eigenvalue weighted by Crippen LogP contribution is -2.32. The molecule has 0 unspecified atom stereocenters. The number of nitro benzene ring substituents is 1. The molecular formula is C16H18N3O2+. The first-order valence-electron chi connectivity index (χ1n) is 6.63. The van der Waals surface area contributed by atoms with Gasteiger partial charge in [-0.25, -0.2) is 0 Å². The predicted octanol–water partition coefficient (Wildman–Crippen LogP) is 3.21. The summed E-state index contributed by atoms with van der Waals surface area (Å²) >= 11 is 0. The largest absolute Gasteiger partial charge is 0.269 e. The van der Waals surface area contributed by atoms with E-state index in [0.717, 1.165) is 11.1 Å². The van der Waals surface area contributed by atoms with E-state index in [1.807, 2.05) is 50.6 Å². The van der Waals surface area contributed by atoms with Gasteiger partial charge in [-0.15, -0.1) is 0 Å². The number of rotatable bonds is 5. The molecule has 0 saturated heterocycles. The summed E-state index contributed by atoms with van der Waals surface area (Å²) in [7, 11) is 3.97. The van der Waals surface area contributed by atoms with Gasteiger partial charge >= 0.3 is 0 Å². The van der Waals surface area contributed by atoms with E-state index in [1.54, 1.807) is 12.1 Å². The Labute approximate surface area is 123 Å². The van der Waals surface area contributed by atoms with Crippen LogP contribution >= 0.6 is 0 Å². The van der Waals surface area contributed by atoms with Crippen molar-refractivity contribution in [2.24, 2.45) is 5.10 Å². The Morgan fingerprint density at radius 1 is 1.10 bits per heavy atom. The average Bonchev–Trinajstić information content (AvgIpc) is 2.46. The van der Waals surface area contributed by atoms with Gasteiger partial charge in [0.1, 0.15) is 6.54 Å². The maximum absolute atomic E-state index is 10.6. The number of benzene rings is 2. The van der Waals surface area contributed by atoms with Crippen molar-refractivity contribution in [3.05, 3.63) is 75.8 Å². The van der Waals surface area contributed by atoms with Crippen LogP contribution in [0.4, 0.5) is 5.69 Å². The van der Waals surface area contributed by atoms with Crippen LogP contribution in [0.15, 0.2) is 59.7 Å². The number of hydrogen-bond acceptors (Lipinski definition) is 3. The van der Waals surface area contributed by atoms with Gasteiger partial charge in [-0.2, -0.15) is 4.59 Å². The molecule has 0 aliphatic heterocycles. The fraction of sp³-hybridized carbons (Fsp3) is 0.188. The zero-order chi connectivity index (χ0) is 15.3. The number of nitro groups is 1. The summed E-state index contributed by atoms with van der Waals surface area (Å²) in [5.74, 6) is 0. The van der Waals surface area contributed by atoms with Gasteiger partial charge in [0.2, 0.25) is 0 Å². The fourth-order valence-electron chi connectivity index (χ4n) is 1.97. The van der Waals surface area contributed by atoms with E-state index in [4.69, 9.17) is 0 Å². The molecule has 0 spiro atoms. The highest BCUT2D eigenvalue weighted by Crippen LogP contribution is 2.15. The molecule has 0 aliphatic rings. The first-order chi connectivity index (χ1) is 9.96. The Kier molecular flexibility index (Phi) is 4.45. The third-order valence-corrected chi connectivity index (χ3v) is 3.04. The van der Waals surface area contributed by atoms with Gasteiger partial charge in [0.05, 0.1) is 25.2 Å². The Bertz CT molecular complexity index is 634. The van der Waals surface area contributed by atoms with E-state index in [1.165, 1.54) is 12.1 Å². The first-order valence-corrected chi connectivity index (χ1v) is 6.63. The lowest BCUT2D eigenvalue weighted by molar-refractivity contribution is -0.909. The molecule has 0 N–H and O–H groups in total. The maximum atomic E-state index is 10.6. The molecule has 0 bridgehead atoms. The molecule has 0 fully saturated rings. The van der Waals surface area contributed by atoms with Crippen LogP contribution in [0.25, 0.3) is 0 Å². The van der Waals surface area contributed by atoms with Gasteiger partial charge in [0, 0.05) is 17.7 Å². The molecule has 21 heavy (non-hydrogen) atoms. The highest BCUT2D eigenvalue weighted by atomic mass is 16.6. The third kappa shape index (κ3) is 4.50. The summed E-state index contributed by atoms with van der Waals surface area (Å²) in [6.45, 7) is 0.668. The topological polar surface area (TPSA) is 55.5 Å². The van der Waals surface area contributed by atoms with Crippen molar-refractivity contribution in [1.29, 1.82) is 0 Å². The van der Waals surface area contributed by atoms with E-state index in [2.05, 4.69) is 5.10 Å². The van der Waals surface area contributed by atoms with Crippen molar-refractivity contribution in [2.75, 3.05) is 14.1 Å². The van der Waals surface area contributed by atoms with Crippen molar-refractivity contribution >= 4 is 11.9 Å². The Balaban J connectivity index is 2.06. The summed E-state index contributed by atoms with van der Waals surface area (Å²) in [4.78, 5) is 10.2. The summed E-state index contributed by atoms with van der Waals surface area (Å²) in [6.07, 6.45) is 1.84. The van der Waals surface area contributed by atoms with Gasteiger partial charge in [-0.05, 0) is 17.7 Å². The van der Waals surface area contributed by atoms with Crippen molar-refractivity contribution < 1.29 is 9.52 Å². The Hall–Kier alpha value is -2.53. The van der Waals surface area contributed by atoms with E-state index < -0.39 is 4.92 Å². The molecule has 108 valence electrons. The molecule has 0 heterocycles. The van der Waals surface area contributed by atoms with Crippen LogP contribution in [-0.4, -0.2) is 29.8 Å². The number of nitrogens with zero attached hydrogens (tertiary/aromatic N) is 3. The average molecular weight is 284 g/mol. The smallest absolute Gasteiger partial charge is 0.258 e. The van der Waals surface area contributed by atoms with Gasteiger partial charge in [0.25, 0.3) is 5.69 Å². The molecule has 0 aliphatic carbocycles. The van der Waals surface area contributed by atoms with Crippen LogP contribution in [0.2, 0.25) is 0 Å². The molecule has 0 saturated carbocycles. The van der Waals surface area contributed by atoms with Crippen molar-refractivity contribution in [1.82, 2.24) is 0 Å². The van der Waals surface area contributed by atoms with E-state index >= 15 is 0 Å². The standard InChI is InChI=1S/C16H18N3O2/c1-19(2,17-12-14-6-4-3-5-7-14)13-15-8-10-16(11-9-15)18(20)21/h3-12H,13H2,1-2H3/q+1/b17-12+. The normalized spacial score (nSPS) is 11.7. The van der Waals surface area contributed by atoms with E-state index in [-0.39, 0.29) is 5.69 Å². The molecular weight excluding hydrogens is 266 g/mol. The van der Waals surface area contributed by atoms with Crippen LogP contribution in [0.3, 0.4) is 0 Å². The number of non-ortho nitro benzene ring substituents is 1. The van der Waals surface area contributed by atoms with E-state index in [0.29, 0.717) is 11.1 Å². The van der Waals surface area contributed by atoms with Crippen LogP contribution < -0.4 is 0 Å². The maximum Gasteiger partial charge on any atom is 0.269 e. The quantitative estimate of drug-likeness (QED) is 0.366. The number of hydrogen-bond donors (Lipinski definition) is 0. The molecule has 2 aromatic rings. The highest BCUT2D eigenvalue weighted by molar-refractivity contribution is 5.78. The third-order valence-electron chi connectivity index (χ3n) is 3.04. The van der Waals surface area contributed by atoms with Crippen molar-refractivity contribution in [3.63, 3.8) is 0 Å². The van der Waals surface area contributed by atoms with Crippen molar-refractivity contribution in [3.8, 4) is 0 Å². The summed E-state index contributed by atoms with van der Waals surface area (Å²) < 4.78 is 0.423. The summed E-state index contributed by atoms with van der Waals surface area (Å²) in [6, 6.07) is 16.5. The molecule has 5 heteroatoms. The molecule has 5 nitrogen and oxygen atoms in total. The molecule has 0 aromatic heterocycles. The van der Waals surface area contributed by atoms with Gasteiger partial charge in [0.15, 0.2) is 0 Å². The molecule has 0 atom stereocenters. The van der Waals surface area contributed by atoms with Crippen LogP contribution in [0, 0.1) is 10.1 Å². The lowest BCUT2D eigenvalue weighted by atomic mass is 10.2. The molecule has 0 amide bonds. The monoisotopic (exact) mass is 284 g/mol. The van der Waals surface area contributed by atoms with Crippen LogP contribution in [0.5, 0.6) is 0 Å². The minimum absolute atomic E-state index is 0.108. The minimum Gasteiger partial charge on any atom is -0.258 e. The van der Waals surface area contributed by atoms with E-state index in [9.17, 15) is 10.1 Å². The zero-order valence-corrected chi connectivity index (χ0v) is 12.1. The molecule has 0 radical (unpaired) electrons. The molecule has 2 rings (SSSR count). The van der Waals surface area contributed by atoms with Crippen molar-refractivity contribution in [2.45, 2.75) is 6.54 Å². The van der Waals surface area contributed by atoms with Crippen LogP contribution in [0.1, 0.15) is 11.1 Å². The molecule has 2 aromatic carbocycles. The summed E-state index contributed by atoms with van der Waals surface area (Å²) in [5, 5.41) is 15.2. The second kappa shape index (κ2) is 6.28. The van der Waals surface area contributed by atoms with Gasteiger partial charge < -0.3 is 0 Å². The lowest BCUT2D eigenvalue weighted by Gasteiger charge is -2.22. The minimum atomic E-state index is -0.392.